The van der Waals surface area contributed by atoms with Crippen molar-refractivity contribution in [3.63, 3.8) is 0 Å². The van der Waals surface area contributed by atoms with Crippen LogP contribution in [0.15, 0.2) is 73.1 Å². The van der Waals surface area contributed by atoms with Gasteiger partial charge in [-0.2, -0.15) is 0 Å². The van der Waals surface area contributed by atoms with Crippen LogP contribution < -0.4 is 5.32 Å². The second-order valence-electron chi connectivity index (χ2n) is 8.07. The summed E-state index contributed by atoms with van der Waals surface area (Å²) in [6.07, 6.45) is 3.75. The summed E-state index contributed by atoms with van der Waals surface area (Å²) >= 11 is 0. The van der Waals surface area contributed by atoms with E-state index in [-0.39, 0.29) is 29.7 Å². The number of pyridine rings is 2. The number of carbonyl (C=O) groups excluding carboxylic acids is 1. The average Bonchev–Trinajstić information content (AvgIpc) is 2.88. The Balaban J connectivity index is 1.61. The fraction of sp³-hybridized carbons (Fsp3) is 0.143. The quantitative estimate of drug-likeness (QED) is 0.346. The minimum absolute atomic E-state index is 0.0117. The molecular formula is C28H23N3O5. The van der Waals surface area contributed by atoms with Gasteiger partial charge in [-0.3, -0.25) is 9.78 Å². The zero-order chi connectivity index (χ0) is 25.5. The van der Waals surface area contributed by atoms with Crippen LogP contribution in [-0.4, -0.2) is 51.8 Å². The van der Waals surface area contributed by atoms with Crippen LogP contribution in [0.2, 0.25) is 0 Å². The molecular weight excluding hydrogens is 458 g/mol. The number of hydrogen-bond acceptors (Lipinski definition) is 6. The van der Waals surface area contributed by atoms with Crippen LogP contribution in [0.1, 0.15) is 37.5 Å². The number of benzene rings is 2. The van der Waals surface area contributed by atoms with Crippen molar-refractivity contribution in [2.75, 3.05) is 13.7 Å². The fourth-order valence-corrected chi connectivity index (χ4v) is 3.71. The highest BCUT2D eigenvalue weighted by Crippen LogP contribution is 2.21. The Morgan fingerprint density at radius 2 is 1.72 bits per heavy atom. The summed E-state index contributed by atoms with van der Waals surface area (Å²) in [5, 5.41) is 22.6. The first-order valence-corrected chi connectivity index (χ1v) is 11.1. The molecule has 0 fully saturated rings. The Morgan fingerprint density at radius 1 is 1.00 bits per heavy atom. The summed E-state index contributed by atoms with van der Waals surface area (Å²) in [6, 6.07) is 16.1. The van der Waals surface area contributed by atoms with E-state index in [1.807, 2.05) is 0 Å². The zero-order valence-corrected chi connectivity index (χ0v) is 19.4. The highest BCUT2D eigenvalue weighted by Gasteiger charge is 2.19. The van der Waals surface area contributed by atoms with Crippen molar-refractivity contribution in [1.29, 1.82) is 0 Å². The summed E-state index contributed by atoms with van der Waals surface area (Å²) in [7, 11) is 1.53. The number of carboxylic acid groups (broad SMARTS) is 1. The number of nitrogens with zero attached hydrogens (tertiary/aromatic N) is 2. The van der Waals surface area contributed by atoms with E-state index in [1.54, 1.807) is 67.0 Å². The average molecular weight is 482 g/mol. The lowest BCUT2D eigenvalue weighted by Crippen LogP contribution is -2.40. The van der Waals surface area contributed by atoms with Gasteiger partial charge in [-0.1, -0.05) is 24.0 Å². The van der Waals surface area contributed by atoms with Gasteiger partial charge >= 0.3 is 5.97 Å². The predicted octanol–water partition coefficient (Wildman–Crippen LogP) is 3.42. The summed E-state index contributed by atoms with van der Waals surface area (Å²) in [5.74, 6) is 4.50. The molecule has 1 amide bonds. The van der Waals surface area contributed by atoms with Crippen LogP contribution >= 0.6 is 0 Å². The molecule has 2 aromatic carbocycles. The van der Waals surface area contributed by atoms with E-state index in [2.05, 4.69) is 27.1 Å². The first-order chi connectivity index (χ1) is 17.4. The van der Waals surface area contributed by atoms with Gasteiger partial charge in [-0.25, -0.2) is 9.78 Å². The molecule has 2 heterocycles. The molecule has 0 radical (unpaired) electrons. The van der Waals surface area contributed by atoms with Crippen molar-refractivity contribution < 1.29 is 24.5 Å². The number of phenolic OH excluding ortho intramolecular Hbond substituents is 1. The number of nitrogens with one attached hydrogen (secondary N) is 1. The Kier molecular flexibility index (Phi) is 7.54. The highest BCUT2D eigenvalue weighted by atomic mass is 16.5. The Bertz CT molecular complexity index is 1460. The smallest absolute Gasteiger partial charge is 0.336 e. The molecule has 3 N–H and O–H groups in total. The third kappa shape index (κ3) is 6.03. The number of amides is 1. The van der Waals surface area contributed by atoms with Gasteiger partial charge in [0.2, 0.25) is 0 Å². The Hall–Kier alpha value is -4.74. The van der Waals surface area contributed by atoms with Crippen molar-refractivity contribution >= 4 is 22.8 Å². The number of carbonyl (C=O) groups is 2. The number of hydrogen-bond donors (Lipinski definition) is 3. The third-order valence-electron chi connectivity index (χ3n) is 5.42. The van der Waals surface area contributed by atoms with Gasteiger partial charge in [0.05, 0.1) is 23.7 Å². The lowest BCUT2D eigenvalue weighted by atomic mass is 10.0. The van der Waals surface area contributed by atoms with E-state index >= 15 is 0 Å². The number of aromatic nitrogens is 2. The van der Waals surface area contributed by atoms with Crippen molar-refractivity contribution in [3.8, 4) is 17.6 Å². The van der Waals surface area contributed by atoms with E-state index < -0.39 is 11.9 Å². The fourth-order valence-electron chi connectivity index (χ4n) is 3.71. The standard InChI is InChI=1S/C28H23N3O5/c1-36-17-21(14-19-4-7-22(32)8-5-19)30-27(33)26-16-24(28(34)35)23-15-20(6-9-25(23)31-26)3-2-18-10-12-29-13-11-18/h4-13,15-16,21,32H,14,17H2,1H3,(H,30,33)(H,34,35)/t21-/m0/s1. The maximum Gasteiger partial charge on any atom is 0.336 e. The summed E-state index contributed by atoms with van der Waals surface area (Å²) in [5.41, 5.74) is 2.62. The molecule has 0 saturated heterocycles. The summed E-state index contributed by atoms with van der Waals surface area (Å²) in [4.78, 5) is 33.4. The lowest BCUT2D eigenvalue weighted by molar-refractivity contribution is 0.0699. The number of phenols is 1. The normalized spacial score (nSPS) is 11.4. The SMILES string of the molecule is COC[C@H](Cc1ccc(O)cc1)NC(=O)c1cc(C(=O)O)c2cc(C#Cc3ccncc3)ccc2n1. The van der Waals surface area contributed by atoms with Gasteiger partial charge in [0.25, 0.3) is 5.91 Å². The summed E-state index contributed by atoms with van der Waals surface area (Å²) in [6.45, 7) is 0.242. The zero-order valence-electron chi connectivity index (χ0n) is 19.4. The van der Waals surface area contributed by atoms with Gasteiger partial charge in [0.1, 0.15) is 11.4 Å². The number of fused-ring (bicyclic) bond motifs is 1. The van der Waals surface area contributed by atoms with Crippen LogP contribution in [0.5, 0.6) is 5.75 Å². The maximum atomic E-state index is 13.0. The van der Waals surface area contributed by atoms with Crippen LogP contribution in [0, 0.1) is 11.8 Å². The number of aromatic hydroxyl groups is 1. The van der Waals surface area contributed by atoms with Gasteiger partial charge in [-0.05, 0) is 60.5 Å². The molecule has 8 heteroatoms. The molecule has 0 saturated carbocycles. The topological polar surface area (TPSA) is 122 Å². The largest absolute Gasteiger partial charge is 0.508 e. The molecule has 0 aliphatic carbocycles. The summed E-state index contributed by atoms with van der Waals surface area (Å²) < 4.78 is 5.24. The molecule has 36 heavy (non-hydrogen) atoms. The van der Waals surface area contributed by atoms with E-state index in [0.717, 1.165) is 11.1 Å². The van der Waals surface area contributed by atoms with Gasteiger partial charge < -0.3 is 20.3 Å². The van der Waals surface area contributed by atoms with Crippen molar-refractivity contribution in [1.82, 2.24) is 15.3 Å². The molecule has 180 valence electrons. The minimum atomic E-state index is -1.17. The van der Waals surface area contributed by atoms with E-state index in [0.29, 0.717) is 22.9 Å². The van der Waals surface area contributed by atoms with Crippen LogP contribution in [0.4, 0.5) is 0 Å². The van der Waals surface area contributed by atoms with Gasteiger partial charge in [0, 0.05) is 36.0 Å². The second-order valence-corrected chi connectivity index (χ2v) is 8.07. The molecule has 0 spiro atoms. The second kappa shape index (κ2) is 11.1. The van der Waals surface area contributed by atoms with Crippen LogP contribution in [0.3, 0.4) is 0 Å². The Labute approximate surface area is 207 Å². The molecule has 2 aromatic heterocycles. The number of rotatable bonds is 7. The molecule has 4 rings (SSSR count). The molecule has 1 atom stereocenters. The monoisotopic (exact) mass is 481 g/mol. The van der Waals surface area contributed by atoms with Crippen molar-refractivity contribution in [2.45, 2.75) is 12.5 Å². The molecule has 0 aliphatic rings. The molecule has 0 bridgehead atoms. The van der Waals surface area contributed by atoms with Gasteiger partial charge in [-0.15, -0.1) is 0 Å². The lowest BCUT2D eigenvalue weighted by Gasteiger charge is -2.18. The number of ether oxygens (including phenoxy) is 1. The van der Waals surface area contributed by atoms with Crippen LogP contribution in [0.25, 0.3) is 10.9 Å². The van der Waals surface area contributed by atoms with E-state index in [4.69, 9.17) is 4.74 Å². The Morgan fingerprint density at radius 3 is 2.42 bits per heavy atom. The molecule has 0 aliphatic heterocycles. The first-order valence-electron chi connectivity index (χ1n) is 11.1. The van der Waals surface area contributed by atoms with E-state index in [1.165, 1.54) is 13.2 Å². The van der Waals surface area contributed by atoms with Crippen LogP contribution in [-0.2, 0) is 11.2 Å². The third-order valence-corrected chi connectivity index (χ3v) is 5.42. The predicted molar refractivity (Wildman–Crippen MR) is 134 cm³/mol. The maximum absolute atomic E-state index is 13.0. The number of methoxy groups -OCH3 is 1. The first kappa shape index (κ1) is 24.4. The van der Waals surface area contributed by atoms with Gasteiger partial charge in [0.15, 0.2) is 0 Å². The number of carboxylic acids is 1. The minimum Gasteiger partial charge on any atom is -0.508 e. The molecule has 0 unspecified atom stereocenters. The molecule has 8 nitrogen and oxygen atoms in total. The van der Waals surface area contributed by atoms with E-state index in [9.17, 15) is 19.8 Å². The number of aromatic carboxylic acids is 1. The molecule has 4 aromatic rings. The van der Waals surface area contributed by atoms with Crippen molar-refractivity contribution in [3.05, 3.63) is 101 Å². The highest BCUT2D eigenvalue weighted by molar-refractivity contribution is 6.06. The van der Waals surface area contributed by atoms with Crippen molar-refractivity contribution in [2.24, 2.45) is 0 Å².